The molecule has 0 N–H and O–H groups in total. The van der Waals surface area contributed by atoms with Crippen molar-refractivity contribution in [1.82, 2.24) is 24.8 Å². The zero-order valence-corrected chi connectivity index (χ0v) is 13.3. The van der Waals surface area contributed by atoms with Crippen LogP contribution in [0, 0.1) is 13.8 Å². The molecule has 118 valence electrons. The van der Waals surface area contributed by atoms with E-state index in [2.05, 4.69) is 15.4 Å². The van der Waals surface area contributed by atoms with E-state index in [1.807, 2.05) is 26.0 Å². The number of fused-ring (bicyclic) bond motifs is 1. The lowest BCUT2D eigenvalue weighted by Crippen LogP contribution is -2.29. The molecule has 0 saturated heterocycles. The summed E-state index contributed by atoms with van der Waals surface area (Å²) >= 11 is 0. The number of benzene rings is 1. The van der Waals surface area contributed by atoms with Gasteiger partial charge in [-0.2, -0.15) is 5.10 Å². The van der Waals surface area contributed by atoms with Crippen LogP contribution in [0.15, 0.2) is 29.1 Å². The zero-order chi connectivity index (χ0) is 16.6. The summed E-state index contributed by atoms with van der Waals surface area (Å²) in [5.74, 6) is -0.181. The molecule has 0 fully saturated rings. The van der Waals surface area contributed by atoms with Crippen LogP contribution in [0.4, 0.5) is 0 Å². The van der Waals surface area contributed by atoms with Crippen molar-refractivity contribution in [1.29, 1.82) is 0 Å². The van der Waals surface area contributed by atoms with Crippen LogP contribution in [0.1, 0.15) is 28.5 Å². The first-order chi connectivity index (χ1) is 11.0. The minimum absolute atomic E-state index is 0.140. The molecule has 0 aliphatic carbocycles. The molecule has 3 rings (SSSR count). The first-order valence-corrected chi connectivity index (χ1v) is 7.42. The van der Waals surface area contributed by atoms with Crippen LogP contribution in [0.2, 0.25) is 0 Å². The molecule has 1 aromatic carbocycles. The average Bonchev–Trinajstić information content (AvgIpc) is 2.87. The minimum atomic E-state index is -0.349. The number of rotatable bonds is 4. The predicted octanol–water partition coefficient (Wildman–Crippen LogP) is 1.51. The van der Waals surface area contributed by atoms with Crippen molar-refractivity contribution in [2.45, 2.75) is 33.9 Å². The number of hydrogen-bond donors (Lipinski definition) is 0. The van der Waals surface area contributed by atoms with Crippen molar-refractivity contribution >= 4 is 16.8 Å². The van der Waals surface area contributed by atoms with E-state index in [1.165, 1.54) is 0 Å². The van der Waals surface area contributed by atoms with Gasteiger partial charge in [0.2, 0.25) is 0 Å². The summed E-state index contributed by atoms with van der Waals surface area (Å²) in [7, 11) is 0. The molecular formula is C16H17N5O2. The molecule has 0 amide bonds. The number of carbonyl (C=O) groups is 1. The first-order valence-electron chi connectivity index (χ1n) is 7.42. The molecule has 23 heavy (non-hydrogen) atoms. The Morgan fingerprint density at radius 2 is 1.83 bits per heavy atom. The molecule has 7 nitrogen and oxygen atoms in total. The van der Waals surface area contributed by atoms with Crippen LogP contribution >= 0.6 is 0 Å². The topological polar surface area (TPSA) is 82.7 Å². The van der Waals surface area contributed by atoms with Gasteiger partial charge in [-0.3, -0.25) is 14.3 Å². The standard InChI is InChI=1S/C16H17N5O2/c1-4-20-15-14(11(3)18-20)17-19-21(16(15)23)9-13(22)12-7-5-10(2)6-8-12/h5-8H,4,9H2,1-3H3. The van der Waals surface area contributed by atoms with Crippen molar-refractivity contribution < 1.29 is 4.79 Å². The normalized spacial score (nSPS) is 11.1. The van der Waals surface area contributed by atoms with E-state index in [1.54, 1.807) is 23.7 Å². The third-order valence-corrected chi connectivity index (χ3v) is 3.75. The second-order valence-electron chi connectivity index (χ2n) is 5.44. The van der Waals surface area contributed by atoms with Gasteiger partial charge in [0, 0.05) is 12.1 Å². The summed E-state index contributed by atoms with van der Waals surface area (Å²) < 4.78 is 2.69. The van der Waals surface area contributed by atoms with E-state index in [0.29, 0.717) is 28.8 Å². The van der Waals surface area contributed by atoms with Crippen molar-refractivity contribution in [3.63, 3.8) is 0 Å². The van der Waals surface area contributed by atoms with Gasteiger partial charge in [-0.25, -0.2) is 4.68 Å². The van der Waals surface area contributed by atoms with Gasteiger partial charge < -0.3 is 0 Å². The van der Waals surface area contributed by atoms with E-state index >= 15 is 0 Å². The molecule has 0 unspecified atom stereocenters. The zero-order valence-electron chi connectivity index (χ0n) is 13.3. The highest BCUT2D eigenvalue weighted by Gasteiger charge is 2.16. The first kappa shape index (κ1) is 15.1. The third kappa shape index (κ3) is 2.65. The van der Waals surface area contributed by atoms with Crippen LogP contribution in [0.3, 0.4) is 0 Å². The summed E-state index contributed by atoms with van der Waals surface area (Å²) in [4.78, 5) is 24.9. The molecule has 0 spiro atoms. The molecule has 0 radical (unpaired) electrons. The van der Waals surface area contributed by atoms with Crippen LogP contribution in [-0.4, -0.2) is 30.6 Å². The van der Waals surface area contributed by atoms with E-state index in [0.717, 1.165) is 10.2 Å². The smallest absolute Gasteiger partial charge is 0.292 e. The Morgan fingerprint density at radius 1 is 1.13 bits per heavy atom. The summed E-state index contributed by atoms with van der Waals surface area (Å²) in [5.41, 5.74) is 2.79. The number of aromatic nitrogens is 5. The van der Waals surface area contributed by atoms with Gasteiger partial charge in [-0.15, -0.1) is 5.10 Å². The largest absolute Gasteiger partial charge is 0.296 e. The quantitative estimate of drug-likeness (QED) is 0.682. The Hall–Kier alpha value is -2.83. The van der Waals surface area contributed by atoms with Gasteiger partial charge in [0.05, 0.1) is 5.69 Å². The molecule has 0 saturated carbocycles. The predicted molar refractivity (Wildman–Crippen MR) is 85.5 cm³/mol. The van der Waals surface area contributed by atoms with Gasteiger partial charge in [-0.05, 0) is 20.8 Å². The van der Waals surface area contributed by atoms with E-state index in [-0.39, 0.29) is 17.9 Å². The molecule has 0 aliphatic rings. The van der Waals surface area contributed by atoms with E-state index in [9.17, 15) is 9.59 Å². The summed E-state index contributed by atoms with van der Waals surface area (Å²) in [6.45, 7) is 6.04. The number of nitrogens with zero attached hydrogens (tertiary/aromatic N) is 5. The Balaban J connectivity index is 2.00. The maximum Gasteiger partial charge on any atom is 0.296 e. The van der Waals surface area contributed by atoms with Gasteiger partial charge in [0.15, 0.2) is 11.3 Å². The molecule has 0 bridgehead atoms. The number of aryl methyl sites for hydroxylation is 3. The van der Waals surface area contributed by atoms with E-state index < -0.39 is 0 Å². The van der Waals surface area contributed by atoms with Gasteiger partial charge in [0.1, 0.15) is 12.1 Å². The second-order valence-corrected chi connectivity index (χ2v) is 5.44. The molecule has 7 heteroatoms. The molecule has 0 atom stereocenters. The Morgan fingerprint density at radius 3 is 2.48 bits per heavy atom. The molecule has 2 heterocycles. The number of carbonyl (C=O) groups excluding carboxylic acids is 1. The third-order valence-electron chi connectivity index (χ3n) is 3.75. The lowest BCUT2D eigenvalue weighted by atomic mass is 10.1. The highest BCUT2D eigenvalue weighted by Crippen LogP contribution is 2.10. The fourth-order valence-corrected chi connectivity index (χ4v) is 2.46. The Bertz CT molecular complexity index is 937. The Labute approximate surface area is 132 Å². The second kappa shape index (κ2) is 5.75. The van der Waals surface area contributed by atoms with Crippen LogP contribution in [0.25, 0.3) is 11.0 Å². The van der Waals surface area contributed by atoms with Gasteiger partial charge in [-0.1, -0.05) is 35.0 Å². The minimum Gasteiger partial charge on any atom is -0.292 e. The number of Topliss-reactive ketones (excluding diaryl/α,β-unsaturated/α-hetero) is 1. The summed E-state index contributed by atoms with van der Waals surface area (Å²) in [5, 5.41) is 12.2. The van der Waals surface area contributed by atoms with Gasteiger partial charge in [0.25, 0.3) is 5.56 Å². The highest BCUT2D eigenvalue weighted by molar-refractivity contribution is 5.95. The maximum atomic E-state index is 12.6. The highest BCUT2D eigenvalue weighted by atomic mass is 16.1. The molecular weight excluding hydrogens is 294 g/mol. The SMILES string of the molecule is CCn1nc(C)c2nnn(CC(=O)c3ccc(C)cc3)c(=O)c21. The fourth-order valence-electron chi connectivity index (χ4n) is 2.46. The van der Waals surface area contributed by atoms with Crippen molar-refractivity contribution in [2.24, 2.45) is 0 Å². The lowest BCUT2D eigenvalue weighted by molar-refractivity contribution is 0.0964. The number of hydrogen-bond acceptors (Lipinski definition) is 5. The summed E-state index contributed by atoms with van der Waals surface area (Å²) in [6, 6.07) is 7.21. The van der Waals surface area contributed by atoms with Crippen LogP contribution in [0.5, 0.6) is 0 Å². The maximum absolute atomic E-state index is 12.6. The summed E-state index contributed by atoms with van der Waals surface area (Å²) in [6.07, 6.45) is 0. The molecule has 3 aromatic rings. The fraction of sp³-hybridized carbons (Fsp3) is 0.312. The molecule has 2 aromatic heterocycles. The van der Waals surface area contributed by atoms with Gasteiger partial charge >= 0.3 is 0 Å². The van der Waals surface area contributed by atoms with E-state index in [4.69, 9.17) is 0 Å². The van der Waals surface area contributed by atoms with Crippen LogP contribution < -0.4 is 5.56 Å². The lowest BCUT2D eigenvalue weighted by Gasteiger charge is -2.04. The van der Waals surface area contributed by atoms with Crippen molar-refractivity contribution in [3.8, 4) is 0 Å². The Kier molecular flexibility index (Phi) is 3.77. The van der Waals surface area contributed by atoms with Crippen molar-refractivity contribution in [2.75, 3.05) is 0 Å². The monoisotopic (exact) mass is 311 g/mol. The number of ketones is 1. The average molecular weight is 311 g/mol. The molecule has 0 aliphatic heterocycles. The van der Waals surface area contributed by atoms with Crippen LogP contribution in [-0.2, 0) is 13.1 Å². The van der Waals surface area contributed by atoms with Crippen molar-refractivity contribution in [3.05, 3.63) is 51.4 Å².